The minimum Gasteiger partial charge on any atom is -0.381 e. The topological polar surface area (TPSA) is 50.9 Å². The Hall–Kier alpha value is -1.61. The molecule has 0 bridgehead atoms. The molecule has 0 spiro atoms. The summed E-state index contributed by atoms with van der Waals surface area (Å²) in [5.41, 5.74) is 7.02. The van der Waals surface area contributed by atoms with Gasteiger partial charge in [-0.3, -0.25) is 4.98 Å². The predicted octanol–water partition coefficient (Wildman–Crippen LogP) is 2.77. The molecule has 18 heavy (non-hydrogen) atoms. The zero-order chi connectivity index (χ0) is 12.4. The molecular weight excluding hydrogens is 222 g/mol. The lowest BCUT2D eigenvalue weighted by Crippen LogP contribution is -2.29. The Morgan fingerprint density at radius 3 is 3.11 bits per heavy atom. The molecular formula is C15H19N3. The zero-order valence-electron chi connectivity index (χ0n) is 10.5. The smallest absolute Gasteiger partial charge is 0.0437 e. The maximum Gasteiger partial charge on any atom is 0.0437 e. The Morgan fingerprint density at radius 2 is 2.22 bits per heavy atom. The van der Waals surface area contributed by atoms with Crippen molar-refractivity contribution in [2.45, 2.75) is 25.3 Å². The van der Waals surface area contributed by atoms with Crippen LogP contribution in [0, 0.1) is 5.92 Å². The second-order valence-electron chi connectivity index (χ2n) is 5.08. The molecule has 3 heteroatoms. The lowest BCUT2D eigenvalue weighted by molar-refractivity contribution is 0.517. The number of pyridine rings is 1. The minimum absolute atomic E-state index is 0.515. The van der Waals surface area contributed by atoms with Crippen LogP contribution >= 0.6 is 0 Å². The van der Waals surface area contributed by atoms with Crippen LogP contribution in [0.1, 0.15) is 19.3 Å². The number of hydrogen-bond acceptors (Lipinski definition) is 3. The van der Waals surface area contributed by atoms with Gasteiger partial charge in [0.1, 0.15) is 0 Å². The standard InChI is InChI=1S/C15H19N3/c16-9-12-4-2-5-14(12)18-15-6-1-3-11-7-8-17-10-13(11)15/h1,3,6-8,10,12,14,18H,2,4-5,9,16H2. The van der Waals surface area contributed by atoms with Crippen molar-refractivity contribution in [2.75, 3.05) is 11.9 Å². The molecule has 3 N–H and O–H groups in total. The Morgan fingerprint density at radius 1 is 1.28 bits per heavy atom. The maximum atomic E-state index is 5.84. The molecule has 0 radical (unpaired) electrons. The first-order valence-electron chi connectivity index (χ1n) is 6.68. The third-order valence-electron chi connectivity index (χ3n) is 3.99. The molecule has 2 aromatic rings. The van der Waals surface area contributed by atoms with E-state index < -0.39 is 0 Å². The van der Waals surface area contributed by atoms with Crippen LogP contribution in [0.5, 0.6) is 0 Å². The second kappa shape index (κ2) is 4.94. The van der Waals surface area contributed by atoms with Crippen LogP contribution in [0.2, 0.25) is 0 Å². The highest BCUT2D eigenvalue weighted by Gasteiger charge is 2.26. The summed E-state index contributed by atoms with van der Waals surface area (Å²) in [5, 5.41) is 6.10. The molecule has 1 aromatic carbocycles. The van der Waals surface area contributed by atoms with E-state index >= 15 is 0 Å². The van der Waals surface area contributed by atoms with Gasteiger partial charge in [-0.15, -0.1) is 0 Å². The minimum atomic E-state index is 0.515. The highest BCUT2D eigenvalue weighted by molar-refractivity contribution is 5.93. The number of aromatic nitrogens is 1. The monoisotopic (exact) mass is 241 g/mol. The summed E-state index contributed by atoms with van der Waals surface area (Å²) in [7, 11) is 0. The molecule has 2 atom stereocenters. The highest BCUT2D eigenvalue weighted by atomic mass is 14.9. The average Bonchev–Trinajstić information content (AvgIpc) is 2.86. The van der Waals surface area contributed by atoms with E-state index in [4.69, 9.17) is 5.73 Å². The quantitative estimate of drug-likeness (QED) is 0.868. The van der Waals surface area contributed by atoms with Crippen LogP contribution in [0.3, 0.4) is 0 Å². The zero-order valence-corrected chi connectivity index (χ0v) is 10.5. The van der Waals surface area contributed by atoms with Crippen molar-refractivity contribution in [1.29, 1.82) is 0 Å². The van der Waals surface area contributed by atoms with Crippen LogP contribution < -0.4 is 11.1 Å². The third-order valence-corrected chi connectivity index (χ3v) is 3.99. The van der Waals surface area contributed by atoms with E-state index in [-0.39, 0.29) is 0 Å². The van der Waals surface area contributed by atoms with Gasteiger partial charge in [0.05, 0.1) is 0 Å². The van der Waals surface area contributed by atoms with Gasteiger partial charge in [0.25, 0.3) is 0 Å². The molecule has 94 valence electrons. The third kappa shape index (κ3) is 2.06. The number of hydrogen-bond donors (Lipinski definition) is 2. The fraction of sp³-hybridized carbons (Fsp3) is 0.400. The number of nitrogens with one attached hydrogen (secondary N) is 1. The van der Waals surface area contributed by atoms with Crippen LogP contribution in [0.4, 0.5) is 5.69 Å². The first-order valence-corrected chi connectivity index (χ1v) is 6.68. The van der Waals surface area contributed by atoms with Gasteiger partial charge in [-0.1, -0.05) is 18.6 Å². The van der Waals surface area contributed by atoms with Gasteiger partial charge < -0.3 is 11.1 Å². The van der Waals surface area contributed by atoms with E-state index in [2.05, 4.69) is 34.6 Å². The number of rotatable bonds is 3. The molecule has 0 amide bonds. The lowest BCUT2D eigenvalue weighted by Gasteiger charge is -2.21. The molecule has 1 saturated carbocycles. The largest absolute Gasteiger partial charge is 0.381 e. The SMILES string of the molecule is NCC1CCCC1Nc1cccc2ccncc12. The number of nitrogens with zero attached hydrogens (tertiary/aromatic N) is 1. The summed E-state index contributed by atoms with van der Waals surface area (Å²) in [6.07, 6.45) is 7.52. The number of anilines is 1. The van der Waals surface area contributed by atoms with Crippen molar-refractivity contribution in [3.63, 3.8) is 0 Å². The molecule has 0 aliphatic heterocycles. The summed E-state index contributed by atoms with van der Waals surface area (Å²) in [5.74, 6) is 0.608. The van der Waals surface area contributed by atoms with Gasteiger partial charge in [0.2, 0.25) is 0 Å². The molecule has 2 unspecified atom stereocenters. The van der Waals surface area contributed by atoms with Crippen LogP contribution in [0.25, 0.3) is 10.8 Å². The molecule has 1 heterocycles. The summed E-state index contributed by atoms with van der Waals surface area (Å²) < 4.78 is 0. The van der Waals surface area contributed by atoms with E-state index in [0.29, 0.717) is 12.0 Å². The molecule has 0 saturated heterocycles. The van der Waals surface area contributed by atoms with E-state index in [9.17, 15) is 0 Å². The summed E-state index contributed by atoms with van der Waals surface area (Å²) >= 11 is 0. The van der Waals surface area contributed by atoms with Gasteiger partial charge in [0, 0.05) is 29.5 Å². The molecule has 3 rings (SSSR count). The van der Waals surface area contributed by atoms with E-state index in [0.717, 1.165) is 6.54 Å². The van der Waals surface area contributed by atoms with Gasteiger partial charge in [-0.25, -0.2) is 0 Å². The Balaban J connectivity index is 1.90. The van der Waals surface area contributed by atoms with Crippen molar-refractivity contribution in [3.05, 3.63) is 36.7 Å². The van der Waals surface area contributed by atoms with Crippen molar-refractivity contribution in [2.24, 2.45) is 11.7 Å². The lowest BCUT2D eigenvalue weighted by atomic mass is 10.0. The highest BCUT2D eigenvalue weighted by Crippen LogP contribution is 2.30. The summed E-state index contributed by atoms with van der Waals surface area (Å²) in [6.45, 7) is 0.778. The molecule has 1 aliphatic rings. The van der Waals surface area contributed by atoms with Crippen molar-refractivity contribution >= 4 is 16.5 Å². The first-order chi connectivity index (χ1) is 8.88. The Bertz CT molecular complexity index is 533. The normalized spacial score (nSPS) is 23.4. The summed E-state index contributed by atoms with van der Waals surface area (Å²) in [6, 6.07) is 8.92. The Labute approximate surface area is 107 Å². The van der Waals surface area contributed by atoms with E-state index in [1.807, 2.05) is 12.4 Å². The predicted molar refractivity (Wildman–Crippen MR) is 75.5 cm³/mol. The molecule has 1 aromatic heterocycles. The van der Waals surface area contributed by atoms with Crippen LogP contribution in [-0.2, 0) is 0 Å². The fourth-order valence-electron chi connectivity index (χ4n) is 2.95. The van der Waals surface area contributed by atoms with E-state index in [1.165, 1.54) is 35.7 Å². The van der Waals surface area contributed by atoms with Gasteiger partial charge in [-0.05, 0) is 42.8 Å². The maximum absolute atomic E-state index is 5.84. The molecule has 1 fully saturated rings. The van der Waals surface area contributed by atoms with Crippen LogP contribution in [-0.4, -0.2) is 17.6 Å². The van der Waals surface area contributed by atoms with Crippen molar-refractivity contribution in [3.8, 4) is 0 Å². The fourth-order valence-corrected chi connectivity index (χ4v) is 2.95. The number of fused-ring (bicyclic) bond motifs is 1. The van der Waals surface area contributed by atoms with Gasteiger partial charge in [0.15, 0.2) is 0 Å². The van der Waals surface area contributed by atoms with Gasteiger partial charge >= 0.3 is 0 Å². The number of benzene rings is 1. The molecule has 3 nitrogen and oxygen atoms in total. The summed E-state index contributed by atoms with van der Waals surface area (Å²) in [4.78, 5) is 4.22. The second-order valence-corrected chi connectivity index (χ2v) is 5.08. The van der Waals surface area contributed by atoms with Crippen molar-refractivity contribution in [1.82, 2.24) is 4.98 Å². The molecule has 1 aliphatic carbocycles. The van der Waals surface area contributed by atoms with Gasteiger partial charge in [-0.2, -0.15) is 0 Å². The first kappa shape index (κ1) is 11.5. The van der Waals surface area contributed by atoms with Crippen LogP contribution in [0.15, 0.2) is 36.7 Å². The van der Waals surface area contributed by atoms with Crippen molar-refractivity contribution < 1.29 is 0 Å². The number of nitrogens with two attached hydrogens (primary N) is 1. The van der Waals surface area contributed by atoms with E-state index in [1.54, 1.807) is 0 Å². The average molecular weight is 241 g/mol. The Kier molecular flexibility index (Phi) is 3.15.